The molecule has 8 nitrogen and oxygen atoms in total. The lowest BCUT2D eigenvalue weighted by Crippen LogP contribution is -2.56. The highest BCUT2D eigenvalue weighted by Gasteiger charge is 2.44. The number of anilines is 1. The second-order valence-electron chi connectivity index (χ2n) is 12.5. The summed E-state index contributed by atoms with van der Waals surface area (Å²) in [5, 5.41) is 4.09. The van der Waals surface area contributed by atoms with E-state index in [0.29, 0.717) is 36.6 Å². The Hall–Kier alpha value is -3.57. The minimum atomic E-state index is -5.27. The first-order chi connectivity index (χ1) is 21.1. The zero-order valence-electron chi connectivity index (χ0n) is 26.1. The summed E-state index contributed by atoms with van der Waals surface area (Å²) in [5.74, 6) is -4.38. The van der Waals surface area contributed by atoms with Crippen molar-refractivity contribution in [2.24, 2.45) is 11.8 Å². The van der Waals surface area contributed by atoms with Crippen LogP contribution in [-0.4, -0.2) is 73.2 Å². The molecule has 12 heteroatoms. The number of carbonyl (C=O) groups is 3. The molecule has 4 atom stereocenters. The number of H-pyrrole nitrogens is 1. The number of aromatic amines is 1. The van der Waals surface area contributed by atoms with Gasteiger partial charge in [0.25, 0.3) is 5.91 Å². The number of benzene rings is 2. The minimum absolute atomic E-state index is 0.0257. The van der Waals surface area contributed by atoms with Gasteiger partial charge in [-0.25, -0.2) is 4.79 Å². The molecule has 2 amide bonds. The van der Waals surface area contributed by atoms with Gasteiger partial charge in [0, 0.05) is 46.8 Å². The van der Waals surface area contributed by atoms with Gasteiger partial charge in [-0.1, -0.05) is 50.6 Å². The van der Waals surface area contributed by atoms with Crippen molar-refractivity contribution in [2.75, 3.05) is 32.1 Å². The number of amides is 2. The number of hydrogen-bond donors (Lipinski definition) is 2. The number of nitrogens with zero attached hydrogens (tertiary/aromatic N) is 2. The van der Waals surface area contributed by atoms with Crippen molar-refractivity contribution in [3.05, 3.63) is 64.8 Å². The van der Waals surface area contributed by atoms with Crippen molar-refractivity contribution in [1.82, 2.24) is 15.2 Å². The van der Waals surface area contributed by atoms with Gasteiger partial charge >= 0.3 is 12.1 Å². The molecule has 0 bridgehead atoms. The molecule has 2 heterocycles. The van der Waals surface area contributed by atoms with Crippen LogP contribution in [0.1, 0.15) is 50.7 Å². The number of alkyl halides is 3. The number of esters is 1. The van der Waals surface area contributed by atoms with E-state index in [1.807, 2.05) is 63.2 Å². The fourth-order valence-electron chi connectivity index (χ4n) is 5.95. The number of ether oxygens (including phenoxy) is 1. The summed E-state index contributed by atoms with van der Waals surface area (Å²) in [6.45, 7) is 6.52. The van der Waals surface area contributed by atoms with E-state index in [2.05, 4.69) is 10.3 Å². The van der Waals surface area contributed by atoms with E-state index in [9.17, 15) is 27.6 Å². The summed E-state index contributed by atoms with van der Waals surface area (Å²) in [6.07, 6.45) is -4.36. The van der Waals surface area contributed by atoms with Gasteiger partial charge in [0.2, 0.25) is 5.91 Å². The van der Waals surface area contributed by atoms with E-state index in [4.69, 9.17) is 16.3 Å². The number of para-hydroxylation sites is 1. The maximum Gasteiger partial charge on any atom is 0.490 e. The lowest BCUT2D eigenvalue weighted by molar-refractivity contribution is -0.205. The highest BCUT2D eigenvalue weighted by Crippen LogP contribution is 2.35. The Bertz CT molecular complexity index is 1520. The minimum Gasteiger partial charge on any atom is -0.446 e. The zero-order valence-corrected chi connectivity index (χ0v) is 26.8. The van der Waals surface area contributed by atoms with Crippen LogP contribution in [0.15, 0.2) is 48.7 Å². The van der Waals surface area contributed by atoms with Crippen LogP contribution < -0.4 is 10.2 Å². The van der Waals surface area contributed by atoms with E-state index < -0.39 is 42.0 Å². The summed E-state index contributed by atoms with van der Waals surface area (Å²) in [7, 11) is 3.89. The monoisotopic (exact) mass is 648 g/mol. The highest BCUT2D eigenvalue weighted by molar-refractivity contribution is 6.30. The molecule has 0 saturated carbocycles. The summed E-state index contributed by atoms with van der Waals surface area (Å²) >= 11 is 6.33. The molecule has 45 heavy (non-hydrogen) atoms. The third-order valence-corrected chi connectivity index (χ3v) is 8.36. The summed E-state index contributed by atoms with van der Waals surface area (Å²) < 4.78 is 44.2. The van der Waals surface area contributed by atoms with Crippen LogP contribution in [0.25, 0.3) is 10.9 Å². The van der Waals surface area contributed by atoms with Crippen molar-refractivity contribution < 1.29 is 32.3 Å². The Morgan fingerprint density at radius 2 is 1.82 bits per heavy atom. The molecule has 0 aliphatic carbocycles. The first-order valence-corrected chi connectivity index (χ1v) is 15.4. The standard InChI is InChI=1S/C33H40ClF3N4O4/c1-19(2)10-13-28(45-32(44)33(35,36)37)30(42)39-29(20(3)25-16-38-26-9-7-6-8-24(25)26)31(43)41-18-21(17-40(4)5)14-22-15-23(34)11-12-27(22)41/h6-9,11-12,15-16,19-21,28-29,38H,10,13-14,17-18H2,1-5H3,(H,39,42)/t20?,21-,28?,29?/m1/s1. The van der Waals surface area contributed by atoms with Crippen molar-refractivity contribution >= 4 is 46.0 Å². The fraction of sp³-hybridized carbons (Fsp3) is 0.485. The molecular formula is C33H40ClF3N4O4. The van der Waals surface area contributed by atoms with Crippen LogP contribution in [0.2, 0.25) is 5.02 Å². The van der Waals surface area contributed by atoms with Crippen molar-refractivity contribution in [3.63, 3.8) is 0 Å². The number of rotatable bonds is 11. The quantitative estimate of drug-likeness (QED) is 0.246. The van der Waals surface area contributed by atoms with Gasteiger partial charge in [0.1, 0.15) is 6.04 Å². The van der Waals surface area contributed by atoms with E-state index in [1.54, 1.807) is 30.2 Å². The maximum absolute atomic E-state index is 14.6. The smallest absolute Gasteiger partial charge is 0.446 e. The molecule has 1 aliphatic heterocycles. The molecule has 4 rings (SSSR count). The Morgan fingerprint density at radius 1 is 1.11 bits per heavy atom. The first-order valence-electron chi connectivity index (χ1n) is 15.0. The Kier molecular flexibility index (Phi) is 10.9. The van der Waals surface area contributed by atoms with E-state index >= 15 is 0 Å². The molecule has 2 N–H and O–H groups in total. The summed E-state index contributed by atoms with van der Waals surface area (Å²) in [4.78, 5) is 47.0. The summed E-state index contributed by atoms with van der Waals surface area (Å²) in [6, 6.07) is 11.6. The van der Waals surface area contributed by atoms with E-state index in [1.165, 1.54) is 0 Å². The van der Waals surface area contributed by atoms with Gasteiger partial charge in [0.05, 0.1) is 0 Å². The van der Waals surface area contributed by atoms with Crippen molar-refractivity contribution in [2.45, 2.75) is 64.3 Å². The van der Waals surface area contributed by atoms with Crippen LogP contribution in [0.5, 0.6) is 0 Å². The molecule has 3 unspecified atom stereocenters. The SMILES string of the molecule is CC(C)CCC(OC(=O)C(F)(F)F)C(=O)NC(C(=O)N1C[C@@H](CN(C)C)Cc2cc(Cl)ccc21)C(C)c1c[nH]c2ccccc12. The number of aromatic nitrogens is 1. The second kappa shape index (κ2) is 14.2. The number of hydrogen-bond acceptors (Lipinski definition) is 5. The van der Waals surface area contributed by atoms with Crippen molar-refractivity contribution in [3.8, 4) is 0 Å². The lowest BCUT2D eigenvalue weighted by atomic mass is 9.88. The van der Waals surface area contributed by atoms with Gasteiger partial charge in [-0.15, -0.1) is 0 Å². The van der Waals surface area contributed by atoms with Crippen LogP contribution in [0.3, 0.4) is 0 Å². The Morgan fingerprint density at radius 3 is 2.49 bits per heavy atom. The normalized spacial score (nSPS) is 17.2. The Balaban J connectivity index is 1.74. The third-order valence-electron chi connectivity index (χ3n) is 8.13. The average molecular weight is 649 g/mol. The summed E-state index contributed by atoms with van der Waals surface area (Å²) in [5.41, 5.74) is 3.11. The topological polar surface area (TPSA) is 94.7 Å². The molecule has 1 aliphatic rings. The zero-order chi connectivity index (χ0) is 33.1. The van der Waals surface area contributed by atoms with Crippen LogP contribution >= 0.6 is 11.6 Å². The Labute approximate surface area is 266 Å². The predicted molar refractivity (Wildman–Crippen MR) is 168 cm³/mol. The largest absolute Gasteiger partial charge is 0.490 e. The molecule has 1 aromatic heterocycles. The molecule has 0 spiro atoms. The number of halogens is 4. The maximum atomic E-state index is 14.6. The molecule has 0 saturated heterocycles. The fourth-order valence-corrected chi connectivity index (χ4v) is 6.14. The van der Waals surface area contributed by atoms with Gasteiger partial charge < -0.3 is 24.8 Å². The van der Waals surface area contributed by atoms with Gasteiger partial charge in [-0.2, -0.15) is 13.2 Å². The molecule has 244 valence electrons. The van der Waals surface area contributed by atoms with Crippen LogP contribution in [-0.2, 0) is 25.5 Å². The molecule has 3 aromatic rings. The van der Waals surface area contributed by atoms with E-state index in [-0.39, 0.29) is 18.3 Å². The predicted octanol–water partition coefficient (Wildman–Crippen LogP) is 6.09. The second-order valence-corrected chi connectivity index (χ2v) is 12.9. The van der Waals surface area contributed by atoms with Gasteiger partial charge in [0.15, 0.2) is 6.10 Å². The molecule has 0 fully saturated rings. The molecule has 2 aromatic carbocycles. The number of fused-ring (bicyclic) bond motifs is 2. The van der Waals surface area contributed by atoms with Crippen molar-refractivity contribution in [1.29, 1.82) is 0 Å². The highest BCUT2D eigenvalue weighted by atomic mass is 35.5. The van der Waals surface area contributed by atoms with Gasteiger partial charge in [-0.3, -0.25) is 9.59 Å². The average Bonchev–Trinajstić information content (AvgIpc) is 3.39. The lowest BCUT2D eigenvalue weighted by Gasteiger charge is -2.39. The third kappa shape index (κ3) is 8.38. The number of nitrogens with one attached hydrogen (secondary N) is 2. The van der Waals surface area contributed by atoms with Gasteiger partial charge in [-0.05, 0) is 80.6 Å². The van der Waals surface area contributed by atoms with Crippen LogP contribution in [0, 0.1) is 11.8 Å². The van der Waals surface area contributed by atoms with E-state index in [0.717, 1.165) is 22.0 Å². The van der Waals surface area contributed by atoms with Crippen LogP contribution in [0.4, 0.5) is 18.9 Å². The molecule has 0 radical (unpaired) electrons. The first kappa shape index (κ1) is 34.3. The molecular weight excluding hydrogens is 609 g/mol. The number of carbonyl (C=O) groups excluding carboxylic acids is 3.